The van der Waals surface area contributed by atoms with Crippen LogP contribution in [0.3, 0.4) is 0 Å². The molecule has 0 fully saturated rings. The van der Waals surface area contributed by atoms with Crippen LogP contribution in [0, 0.1) is 0 Å². The minimum atomic E-state index is -4.28. The van der Waals surface area contributed by atoms with Crippen LogP contribution < -0.4 is 5.32 Å². The highest BCUT2D eigenvalue weighted by Gasteiger charge is 2.26. The van der Waals surface area contributed by atoms with Crippen LogP contribution in [0.25, 0.3) is 0 Å². The summed E-state index contributed by atoms with van der Waals surface area (Å²) in [6.07, 6.45) is -3.31. The van der Waals surface area contributed by atoms with E-state index < -0.39 is 22.6 Å². The van der Waals surface area contributed by atoms with E-state index in [1.807, 2.05) is 5.32 Å². The van der Waals surface area contributed by atoms with Gasteiger partial charge >= 0.3 is 6.18 Å². The van der Waals surface area contributed by atoms with Crippen LogP contribution in [-0.4, -0.2) is 39.7 Å². The van der Waals surface area contributed by atoms with Gasteiger partial charge in [0.15, 0.2) is 0 Å². The average molecular weight is 205 g/mol. The minimum absolute atomic E-state index is 0.168. The van der Waals surface area contributed by atoms with E-state index in [0.29, 0.717) is 0 Å². The van der Waals surface area contributed by atoms with Gasteiger partial charge in [0.2, 0.25) is 0 Å². The molecule has 0 amide bonds. The van der Waals surface area contributed by atoms with Gasteiger partial charge < -0.3 is 5.32 Å². The molecule has 7 heteroatoms. The molecular formula is C5H10F3NO2S. The highest BCUT2D eigenvalue weighted by Crippen LogP contribution is 2.11. The zero-order valence-corrected chi connectivity index (χ0v) is 7.30. The van der Waals surface area contributed by atoms with E-state index in [2.05, 4.69) is 0 Å². The highest BCUT2D eigenvalue weighted by atomic mass is 32.2. The number of halogens is 3. The fraction of sp³-hybridized carbons (Fsp3) is 1.00. The van der Waals surface area contributed by atoms with Crippen LogP contribution in [0.1, 0.15) is 0 Å². The maximum atomic E-state index is 11.5. The third-order valence-corrected chi connectivity index (χ3v) is 1.92. The van der Waals surface area contributed by atoms with E-state index in [1.165, 1.54) is 0 Å². The van der Waals surface area contributed by atoms with Crippen LogP contribution in [0.15, 0.2) is 0 Å². The van der Waals surface area contributed by atoms with Gasteiger partial charge in [-0.15, -0.1) is 0 Å². The van der Waals surface area contributed by atoms with E-state index in [9.17, 15) is 21.6 Å². The SMILES string of the molecule is CS(=O)(=O)CCNCC(F)(F)F. The predicted molar refractivity (Wildman–Crippen MR) is 38.6 cm³/mol. The van der Waals surface area contributed by atoms with Gasteiger partial charge in [0.05, 0.1) is 12.3 Å². The first-order valence-electron chi connectivity index (χ1n) is 3.16. The normalized spacial score (nSPS) is 13.3. The Morgan fingerprint density at radius 2 is 1.83 bits per heavy atom. The Hall–Kier alpha value is -0.300. The van der Waals surface area contributed by atoms with Crippen molar-refractivity contribution in [2.45, 2.75) is 6.18 Å². The van der Waals surface area contributed by atoms with Crippen molar-refractivity contribution in [2.24, 2.45) is 0 Å². The molecule has 0 aromatic carbocycles. The van der Waals surface area contributed by atoms with Crippen molar-refractivity contribution in [1.82, 2.24) is 5.32 Å². The molecule has 0 radical (unpaired) electrons. The molecule has 0 unspecified atom stereocenters. The summed E-state index contributed by atoms with van der Waals surface area (Å²) < 4.78 is 55.3. The summed E-state index contributed by atoms with van der Waals surface area (Å²) in [6.45, 7) is -1.32. The van der Waals surface area contributed by atoms with E-state index in [0.717, 1.165) is 6.26 Å². The first-order chi connectivity index (χ1) is 5.21. The van der Waals surface area contributed by atoms with Crippen molar-refractivity contribution in [3.8, 4) is 0 Å². The van der Waals surface area contributed by atoms with Gasteiger partial charge in [0, 0.05) is 12.8 Å². The zero-order chi connectivity index (χ0) is 9.83. The number of hydrogen-bond donors (Lipinski definition) is 1. The Bertz CT molecular complexity index is 221. The van der Waals surface area contributed by atoms with Gasteiger partial charge in [-0.1, -0.05) is 0 Å². The van der Waals surface area contributed by atoms with Crippen molar-refractivity contribution in [3.05, 3.63) is 0 Å². The molecule has 0 atom stereocenters. The van der Waals surface area contributed by atoms with Gasteiger partial charge in [-0.3, -0.25) is 0 Å². The number of alkyl halides is 3. The number of hydrogen-bond acceptors (Lipinski definition) is 3. The molecule has 0 rings (SSSR count). The summed E-state index contributed by atoms with van der Waals surface area (Å²) in [5.41, 5.74) is 0. The monoisotopic (exact) mass is 205 g/mol. The topological polar surface area (TPSA) is 46.2 Å². The second-order valence-electron chi connectivity index (χ2n) is 2.42. The number of nitrogens with one attached hydrogen (secondary N) is 1. The molecular weight excluding hydrogens is 195 g/mol. The van der Waals surface area contributed by atoms with E-state index in [1.54, 1.807) is 0 Å². The van der Waals surface area contributed by atoms with Crippen LogP contribution in [0.5, 0.6) is 0 Å². The number of rotatable bonds is 4. The third-order valence-electron chi connectivity index (χ3n) is 0.975. The molecule has 0 heterocycles. The summed E-state index contributed by atoms with van der Waals surface area (Å²) in [4.78, 5) is 0. The van der Waals surface area contributed by atoms with Gasteiger partial charge in [-0.2, -0.15) is 13.2 Å². The molecule has 0 aromatic rings. The quantitative estimate of drug-likeness (QED) is 0.666. The van der Waals surface area contributed by atoms with Gasteiger partial charge in [-0.05, 0) is 0 Å². The lowest BCUT2D eigenvalue weighted by atomic mass is 10.6. The molecule has 74 valence electrons. The molecule has 0 saturated carbocycles. The highest BCUT2D eigenvalue weighted by molar-refractivity contribution is 7.90. The summed E-state index contributed by atoms with van der Waals surface area (Å²) in [5.74, 6) is -0.275. The van der Waals surface area contributed by atoms with E-state index in [-0.39, 0.29) is 12.3 Å². The van der Waals surface area contributed by atoms with E-state index >= 15 is 0 Å². The lowest BCUT2D eigenvalue weighted by molar-refractivity contribution is -0.124. The smallest absolute Gasteiger partial charge is 0.308 e. The average Bonchev–Trinajstić information content (AvgIpc) is 1.76. The van der Waals surface area contributed by atoms with Crippen molar-refractivity contribution < 1.29 is 21.6 Å². The molecule has 12 heavy (non-hydrogen) atoms. The van der Waals surface area contributed by atoms with Gasteiger partial charge in [0.1, 0.15) is 9.84 Å². The zero-order valence-electron chi connectivity index (χ0n) is 6.48. The molecule has 0 spiro atoms. The third kappa shape index (κ3) is 9.70. The lowest BCUT2D eigenvalue weighted by Gasteiger charge is -2.06. The molecule has 0 aliphatic heterocycles. The largest absolute Gasteiger partial charge is 0.401 e. The van der Waals surface area contributed by atoms with E-state index in [4.69, 9.17) is 0 Å². The van der Waals surface area contributed by atoms with Crippen molar-refractivity contribution in [3.63, 3.8) is 0 Å². The molecule has 0 saturated heterocycles. The molecule has 3 nitrogen and oxygen atoms in total. The fourth-order valence-electron chi connectivity index (χ4n) is 0.488. The first kappa shape index (κ1) is 11.7. The first-order valence-corrected chi connectivity index (χ1v) is 5.22. The Labute approximate surface area is 68.9 Å². The molecule has 0 aliphatic carbocycles. The summed E-state index contributed by atoms with van der Waals surface area (Å²) in [7, 11) is -3.17. The van der Waals surface area contributed by atoms with Crippen molar-refractivity contribution in [2.75, 3.05) is 25.1 Å². The lowest BCUT2D eigenvalue weighted by Crippen LogP contribution is -2.32. The Morgan fingerprint density at radius 3 is 2.17 bits per heavy atom. The second kappa shape index (κ2) is 4.08. The minimum Gasteiger partial charge on any atom is -0.308 e. The van der Waals surface area contributed by atoms with Crippen LogP contribution >= 0.6 is 0 Å². The maximum absolute atomic E-state index is 11.5. The standard InChI is InChI=1S/C5H10F3NO2S/c1-12(10,11)3-2-9-4-5(6,7)8/h9H,2-4H2,1H3. The predicted octanol–water partition coefficient (Wildman–Crippen LogP) is 0.183. The molecule has 0 bridgehead atoms. The van der Waals surface area contributed by atoms with Crippen LogP contribution in [0.4, 0.5) is 13.2 Å². The Morgan fingerprint density at radius 1 is 1.33 bits per heavy atom. The Balaban J connectivity index is 3.48. The van der Waals surface area contributed by atoms with Crippen LogP contribution in [-0.2, 0) is 9.84 Å². The Kier molecular flexibility index (Phi) is 3.98. The summed E-state index contributed by atoms with van der Waals surface area (Å²) >= 11 is 0. The summed E-state index contributed by atoms with van der Waals surface area (Å²) in [5, 5.41) is 1.98. The van der Waals surface area contributed by atoms with Gasteiger partial charge in [-0.25, -0.2) is 8.42 Å². The van der Waals surface area contributed by atoms with Crippen molar-refractivity contribution >= 4 is 9.84 Å². The molecule has 1 N–H and O–H groups in total. The maximum Gasteiger partial charge on any atom is 0.401 e. The van der Waals surface area contributed by atoms with Gasteiger partial charge in [0.25, 0.3) is 0 Å². The molecule has 0 aromatic heterocycles. The fourth-order valence-corrected chi connectivity index (χ4v) is 1.00. The van der Waals surface area contributed by atoms with Crippen molar-refractivity contribution in [1.29, 1.82) is 0 Å². The molecule has 0 aliphatic rings. The second-order valence-corrected chi connectivity index (χ2v) is 4.68. The number of sulfone groups is 1. The summed E-state index contributed by atoms with van der Waals surface area (Å²) in [6, 6.07) is 0. The van der Waals surface area contributed by atoms with Crippen LogP contribution in [0.2, 0.25) is 0 Å².